The molecule has 8 nitrogen and oxygen atoms in total. The van der Waals surface area contributed by atoms with Crippen LogP contribution in [-0.4, -0.2) is 57.5 Å². The molecule has 1 aliphatic heterocycles. The Morgan fingerprint density at radius 3 is 2.31 bits per heavy atom. The van der Waals surface area contributed by atoms with Crippen molar-refractivity contribution in [3.63, 3.8) is 0 Å². The van der Waals surface area contributed by atoms with E-state index in [1.54, 1.807) is 43.3 Å². The molecule has 8 heteroatoms. The van der Waals surface area contributed by atoms with Crippen LogP contribution in [0, 0.1) is 0 Å². The van der Waals surface area contributed by atoms with Gasteiger partial charge in [-0.2, -0.15) is 5.10 Å². The smallest absolute Gasteiger partial charge is 0.267 e. The Labute approximate surface area is 186 Å². The molecular formula is C24H25N5O3. The molecule has 0 N–H and O–H groups in total. The molecule has 164 valence electrons. The number of nitrogens with zero attached hydrogens (tertiary/aromatic N) is 5. The van der Waals surface area contributed by atoms with Gasteiger partial charge in [0.1, 0.15) is 6.04 Å². The van der Waals surface area contributed by atoms with Crippen LogP contribution < -0.4 is 10.5 Å². The molecule has 1 unspecified atom stereocenters. The number of hydrogen-bond donors (Lipinski definition) is 0. The summed E-state index contributed by atoms with van der Waals surface area (Å²) in [5, 5.41) is 4.42. The van der Waals surface area contributed by atoms with Crippen LogP contribution in [-0.2, 0) is 4.79 Å². The van der Waals surface area contributed by atoms with Gasteiger partial charge in [-0.15, -0.1) is 0 Å². The number of rotatable bonds is 5. The van der Waals surface area contributed by atoms with E-state index in [9.17, 15) is 14.4 Å². The average molecular weight is 431 g/mol. The van der Waals surface area contributed by atoms with Crippen molar-refractivity contribution in [2.45, 2.75) is 19.9 Å². The van der Waals surface area contributed by atoms with E-state index < -0.39 is 6.04 Å². The van der Waals surface area contributed by atoms with Crippen LogP contribution in [0.15, 0.2) is 65.7 Å². The number of anilines is 1. The van der Waals surface area contributed by atoms with Gasteiger partial charge in [-0.25, -0.2) is 4.68 Å². The second-order valence-corrected chi connectivity index (χ2v) is 7.83. The van der Waals surface area contributed by atoms with Gasteiger partial charge in [0.2, 0.25) is 5.91 Å². The molecule has 2 aromatic heterocycles. The molecule has 0 radical (unpaired) electrons. The first kappa shape index (κ1) is 21.4. The Morgan fingerprint density at radius 2 is 1.69 bits per heavy atom. The van der Waals surface area contributed by atoms with Crippen LogP contribution in [0.25, 0.3) is 11.3 Å². The quantitative estimate of drug-likeness (QED) is 0.577. The number of carbonyl (C=O) groups excluding carboxylic acids is 2. The Hall–Kier alpha value is -3.81. The summed E-state index contributed by atoms with van der Waals surface area (Å²) in [6, 6.07) is 13.5. The third-order valence-corrected chi connectivity index (χ3v) is 5.74. The van der Waals surface area contributed by atoms with E-state index in [-0.39, 0.29) is 17.2 Å². The largest absolute Gasteiger partial charge is 0.368 e. The highest BCUT2D eigenvalue weighted by Crippen LogP contribution is 2.20. The molecule has 1 fully saturated rings. The van der Waals surface area contributed by atoms with Crippen molar-refractivity contribution in [2.75, 3.05) is 31.1 Å². The molecule has 3 aromatic rings. The zero-order valence-electron chi connectivity index (χ0n) is 18.1. The summed E-state index contributed by atoms with van der Waals surface area (Å²) in [6.45, 7) is 5.71. The summed E-state index contributed by atoms with van der Waals surface area (Å²) < 4.78 is 1.25. The van der Waals surface area contributed by atoms with Crippen molar-refractivity contribution in [3.8, 4) is 11.3 Å². The van der Waals surface area contributed by atoms with Gasteiger partial charge < -0.3 is 9.80 Å². The van der Waals surface area contributed by atoms with Crippen molar-refractivity contribution in [2.24, 2.45) is 0 Å². The molecule has 0 spiro atoms. The van der Waals surface area contributed by atoms with E-state index >= 15 is 0 Å². The minimum atomic E-state index is -0.708. The normalized spacial score (nSPS) is 14.8. The SMILES string of the molecule is CC(=O)c1ccc(N2CCN(C(=O)C(C)n3nc(-c4cccnc4)ccc3=O)CC2)cc1. The van der Waals surface area contributed by atoms with Crippen LogP contribution in [0.3, 0.4) is 0 Å². The Balaban J connectivity index is 1.44. The van der Waals surface area contributed by atoms with Crippen molar-refractivity contribution < 1.29 is 9.59 Å². The molecular weight excluding hydrogens is 406 g/mol. The lowest BCUT2D eigenvalue weighted by atomic mass is 10.1. The zero-order chi connectivity index (χ0) is 22.7. The van der Waals surface area contributed by atoms with Gasteiger partial charge in [0, 0.05) is 61.5 Å². The first-order chi connectivity index (χ1) is 15.4. The van der Waals surface area contributed by atoms with Crippen LogP contribution in [0.5, 0.6) is 0 Å². The lowest BCUT2D eigenvalue weighted by Gasteiger charge is -2.37. The lowest BCUT2D eigenvalue weighted by molar-refractivity contribution is -0.135. The number of amides is 1. The molecule has 1 saturated heterocycles. The van der Waals surface area contributed by atoms with E-state index in [1.165, 1.54) is 10.7 Å². The van der Waals surface area contributed by atoms with Gasteiger partial charge in [0.15, 0.2) is 5.78 Å². The molecule has 32 heavy (non-hydrogen) atoms. The van der Waals surface area contributed by atoms with Gasteiger partial charge in [-0.1, -0.05) is 0 Å². The van der Waals surface area contributed by atoms with Crippen LogP contribution in [0.4, 0.5) is 5.69 Å². The first-order valence-corrected chi connectivity index (χ1v) is 10.6. The molecule has 0 saturated carbocycles. The minimum absolute atomic E-state index is 0.0393. The molecule has 1 aromatic carbocycles. The molecule has 3 heterocycles. The number of Topliss-reactive ketones (excluding diaryl/α,β-unsaturated/α-hetero) is 1. The molecule has 0 aliphatic carbocycles. The third kappa shape index (κ3) is 4.44. The monoisotopic (exact) mass is 431 g/mol. The summed E-state index contributed by atoms with van der Waals surface area (Å²) in [5.41, 5.74) is 2.77. The highest BCUT2D eigenvalue weighted by Gasteiger charge is 2.27. The van der Waals surface area contributed by atoms with Gasteiger partial charge in [0.05, 0.1) is 5.69 Å². The average Bonchev–Trinajstić information content (AvgIpc) is 2.84. The van der Waals surface area contributed by atoms with Gasteiger partial charge >= 0.3 is 0 Å². The molecule has 0 bridgehead atoms. The Kier molecular flexibility index (Phi) is 6.11. The van der Waals surface area contributed by atoms with Crippen LogP contribution in [0.2, 0.25) is 0 Å². The zero-order valence-corrected chi connectivity index (χ0v) is 18.1. The predicted octanol–water partition coefficient (Wildman–Crippen LogP) is 2.42. The predicted molar refractivity (Wildman–Crippen MR) is 122 cm³/mol. The number of ketones is 1. The second-order valence-electron chi connectivity index (χ2n) is 7.83. The fraction of sp³-hybridized carbons (Fsp3) is 0.292. The number of carbonyl (C=O) groups is 2. The van der Waals surface area contributed by atoms with E-state index in [4.69, 9.17) is 0 Å². The number of benzene rings is 1. The van der Waals surface area contributed by atoms with E-state index in [0.717, 1.165) is 11.3 Å². The summed E-state index contributed by atoms with van der Waals surface area (Å²) in [7, 11) is 0. The maximum absolute atomic E-state index is 13.1. The highest BCUT2D eigenvalue weighted by atomic mass is 16.2. The Morgan fingerprint density at radius 1 is 0.969 bits per heavy atom. The summed E-state index contributed by atoms with van der Waals surface area (Å²) >= 11 is 0. The third-order valence-electron chi connectivity index (χ3n) is 5.74. The summed E-state index contributed by atoms with van der Waals surface area (Å²) in [6.07, 6.45) is 3.34. The lowest BCUT2D eigenvalue weighted by Crippen LogP contribution is -2.51. The molecule has 1 aliphatic rings. The molecule has 4 rings (SSSR count). The number of aromatic nitrogens is 3. The first-order valence-electron chi connectivity index (χ1n) is 10.6. The Bertz CT molecular complexity index is 1170. The van der Waals surface area contributed by atoms with Crippen molar-refractivity contribution in [3.05, 3.63) is 76.8 Å². The fourth-order valence-electron chi connectivity index (χ4n) is 3.83. The number of piperazine rings is 1. The molecule has 1 atom stereocenters. The van der Waals surface area contributed by atoms with Crippen LogP contribution in [0.1, 0.15) is 30.2 Å². The van der Waals surface area contributed by atoms with Crippen LogP contribution >= 0.6 is 0 Å². The maximum Gasteiger partial charge on any atom is 0.267 e. The van der Waals surface area contributed by atoms with Crippen molar-refractivity contribution in [1.82, 2.24) is 19.7 Å². The summed E-state index contributed by atoms with van der Waals surface area (Å²) in [5.74, 6) is -0.0908. The van der Waals surface area contributed by atoms with Gasteiger partial charge in [-0.3, -0.25) is 19.4 Å². The fourth-order valence-corrected chi connectivity index (χ4v) is 3.83. The van der Waals surface area contributed by atoms with E-state index in [2.05, 4.69) is 15.0 Å². The van der Waals surface area contributed by atoms with Crippen molar-refractivity contribution >= 4 is 17.4 Å². The van der Waals surface area contributed by atoms with Gasteiger partial charge in [0.25, 0.3) is 5.56 Å². The number of pyridine rings is 1. The van der Waals surface area contributed by atoms with E-state index in [0.29, 0.717) is 37.4 Å². The molecule has 1 amide bonds. The standard InChI is InChI=1S/C24H25N5O3/c1-17(29-23(31)10-9-22(26-29)20-4-3-11-25-16-20)24(32)28-14-12-27(13-15-28)21-7-5-19(6-8-21)18(2)30/h3-11,16-17H,12-15H2,1-2H3. The number of hydrogen-bond acceptors (Lipinski definition) is 6. The maximum atomic E-state index is 13.1. The second kappa shape index (κ2) is 9.13. The summed E-state index contributed by atoms with van der Waals surface area (Å²) in [4.78, 5) is 45.1. The van der Waals surface area contributed by atoms with E-state index in [1.807, 2.05) is 30.3 Å². The highest BCUT2D eigenvalue weighted by molar-refractivity contribution is 5.94. The minimum Gasteiger partial charge on any atom is -0.368 e. The topological polar surface area (TPSA) is 88.4 Å². The van der Waals surface area contributed by atoms with Crippen molar-refractivity contribution in [1.29, 1.82) is 0 Å². The van der Waals surface area contributed by atoms with Gasteiger partial charge in [-0.05, 0) is 56.3 Å².